The molecule has 9 heteroatoms. The zero-order valence-electron chi connectivity index (χ0n) is 14.9. The van der Waals surface area contributed by atoms with E-state index in [0.717, 1.165) is 12.8 Å². The Morgan fingerprint density at radius 1 is 0.926 bits per heavy atom. The lowest BCUT2D eigenvalue weighted by Crippen LogP contribution is -2.54. The highest BCUT2D eigenvalue weighted by atomic mass is 16.3. The van der Waals surface area contributed by atoms with Gasteiger partial charge in [-0.3, -0.25) is 19.5 Å². The minimum absolute atomic E-state index is 0.206. The van der Waals surface area contributed by atoms with Gasteiger partial charge in [0.05, 0.1) is 6.26 Å². The molecule has 0 unspecified atom stereocenters. The first-order chi connectivity index (χ1) is 13.1. The van der Waals surface area contributed by atoms with Gasteiger partial charge in [0.2, 0.25) is 0 Å². The number of furan rings is 1. The first kappa shape index (κ1) is 17.3. The number of rotatable bonds is 2. The Morgan fingerprint density at radius 3 is 2.19 bits per heavy atom. The molecule has 0 bridgehead atoms. The van der Waals surface area contributed by atoms with E-state index in [1.165, 1.54) is 4.90 Å². The van der Waals surface area contributed by atoms with Crippen LogP contribution < -0.4 is 0 Å². The van der Waals surface area contributed by atoms with Crippen molar-refractivity contribution in [3.05, 3.63) is 30.2 Å². The summed E-state index contributed by atoms with van der Waals surface area (Å²) < 4.78 is 5.29. The van der Waals surface area contributed by atoms with Gasteiger partial charge in [0.1, 0.15) is 5.69 Å². The van der Waals surface area contributed by atoms with Crippen LogP contribution in [0, 0.1) is 0 Å². The molecule has 0 aliphatic carbocycles. The summed E-state index contributed by atoms with van der Waals surface area (Å²) in [5, 5.41) is 6.86. The molecule has 2 aliphatic heterocycles. The molecular formula is C18H21N5O4. The molecule has 9 nitrogen and oxygen atoms in total. The maximum Gasteiger partial charge on any atom is 0.312 e. The van der Waals surface area contributed by atoms with Crippen molar-refractivity contribution in [2.45, 2.75) is 12.8 Å². The first-order valence-electron chi connectivity index (χ1n) is 9.10. The van der Waals surface area contributed by atoms with E-state index in [0.29, 0.717) is 56.4 Å². The van der Waals surface area contributed by atoms with Gasteiger partial charge in [0.25, 0.3) is 5.91 Å². The molecule has 0 atom stereocenters. The van der Waals surface area contributed by atoms with E-state index in [-0.39, 0.29) is 5.91 Å². The number of carbonyl (C=O) groups is 3. The summed E-state index contributed by atoms with van der Waals surface area (Å²) in [7, 11) is 0. The first-order valence-corrected chi connectivity index (χ1v) is 9.10. The fourth-order valence-electron chi connectivity index (χ4n) is 3.45. The van der Waals surface area contributed by atoms with Gasteiger partial charge in [-0.25, -0.2) is 0 Å². The molecule has 2 saturated heterocycles. The Morgan fingerprint density at radius 2 is 1.56 bits per heavy atom. The second-order valence-corrected chi connectivity index (χ2v) is 6.73. The van der Waals surface area contributed by atoms with Crippen molar-refractivity contribution in [1.82, 2.24) is 24.9 Å². The maximum atomic E-state index is 12.6. The summed E-state index contributed by atoms with van der Waals surface area (Å²) in [6.07, 6.45) is 3.45. The summed E-state index contributed by atoms with van der Waals surface area (Å²) in [5.41, 5.74) is 0.933. The van der Waals surface area contributed by atoms with Crippen LogP contribution in [0.2, 0.25) is 0 Å². The van der Waals surface area contributed by atoms with Crippen LogP contribution in [-0.4, -0.2) is 81.9 Å². The quantitative estimate of drug-likeness (QED) is 0.778. The lowest BCUT2D eigenvalue weighted by atomic mass is 10.2. The van der Waals surface area contributed by atoms with Gasteiger partial charge < -0.3 is 19.1 Å². The topological polar surface area (TPSA) is 103 Å². The van der Waals surface area contributed by atoms with E-state index in [9.17, 15) is 14.4 Å². The van der Waals surface area contributed by atoms with Crippen molar-refractivity contribution in [3.8, 4) is 11.5 Å². The van der Waals surface area contributed by atoms with Crippen LogP contribution in [0.1, 0.15) is 23.3 Å². The van der Waals surface area contributed by atoms with Crippen LogP contribution in [0.5, 0.6) is 0 Å². The second-order valence-electron chi connectivity index (χ2n) is 6.73. The van der Waals surface area contributed by atoms with Crippen molar-refractivity contribution < 1.29 is 18.8 Å². The molecule has 4 rings (SSSR count). The number of carbonyl (C=O) groups excluding carboxylic acids is 3. The predicted molar refractivity (Wildman–Crippen MR) is 94.6 cm³/mol. The normalized spacial score (nSPS) is 17.4. The van der Waals surface area contributed by atoms with Crippen molar-refractivity contribution >= 4 is 17.7 Å². The van der Waals surface area contributed by atoms with Crippen molar-refractivity contribution in [2.24, 2.45) is 0 Å². The molecule has 2 aromatic rings. The fourth-order valence-corrected chi connectivity index (χ4v) is 3.45. The molecule has 3 amide bonds. The largest absolute Gasteiger partial charge is 0.463 e. The number of amides is 3. The van der Waals surface area contributed by atoms with Gasteiger partial charge in [0.15, 0.2) is 11.5 Å². The number of H-pyrrole nitrogens is 1. The van der Waals surface area contributed by atoms with Crippen molar-refractivity contribution in [1.29, 1.82) is 0 Å². The molecule has 4 heterocycles. The Hall–Kier alpha value is -3.10. The summed E-state index contributed by atoms with van der Waals surface area (Å²) in [4.78, 5) is 42.0. The van der Waals surface area contributed by atoms with Gasteiger partial charge in [-0.15, -0.1) is 0 Å². The minimum atomic E-state index is -0.469. The van der Waals surface area contributed by atoms with Crippen LogP contribution in [0.15, 0.2) is 28.9 Å². The van der Waals surface area contributed by atoms with E-state index in [1.54, 1.807) is 34.3 Å². The molecule has 142 valence electrons. The molecule has 27 heavy (non-hydrogen) atoms. The van der Waals surface area contributed by atoms with Crippen LogP contribution in [-0.2, 0) is 9.59 Å². The third kappa shape index (κ3) is 3.44. The highest BCUT2D eigenvalue weighted by molar-refractivity contribution is 6.35. The van der Waals surface area contributed by atoms with E-state index >= 15 is 0 Å². The van der Waals surface area contributed by atoms with Gasteiger partial charge in [-0.2, -0.15) is 5.10 Å². The Kier molecular flexibility index (Phi) is 4.66. The van der Waals surface area contributed by atoms with Gasteiger partial charge >= 0.3 is 11.8 Å². The van der Waals surface area contributed by atoms with Gasteiger partial charge in [0, 0.05) is 45.3 Å². The number of likely N-dealkylation sites (tertiary alicyclic amines) is 1. The number of aromatic nitrogens is 2. The molecule has 2 aromatic heterocycles. The molecule has 2 fully saturated rings. The monoisotopic (exact) mass is 371 g/mol. The highest BCUT2D eigenvalue weighted by Crippen LogP contribution is 2.19. The van der Waals surface area contributed by atoms with E-state index in [4.69, 9.17) is 4.42 Å². The zero-order chi connectivity index (χ0) is 18.8. The van der Waals surface area contributed by atoms with Gasteiger partial charge in [-0.1, -0.05) is 0 Å². The Labute approximate surface area is 155 Å². The number of nitrogens with zero attached hydrogens (tertiary/aromatic N) is 4. The summed E-state index contributed by atoms with van der Waals surface area (Å²) >= 11 is 0. The van der Waals surface area contributed by atoms with Crippen LogP contribution in [0.4, 0.5) is 0 Å². The van der Waals surface area contributed by atoms with Crippen LogP contribution in [0.3, 0.4) is 0 Å². The third-order valence-corrected chi connectivity index (χ3v) is 5.01. The number of hydrogen-bond donors (Lipinski definition) is 1. The standard InChI is InChI=1S/C18H21N5O4/c24-16(14-12-13(19-20-14)15-4-3-11-27-15)22-7-9-23(10-8-22)18(26)17(25)21-5-1-2-6-21/h3-4,11-12H,1-2,5-10H2,(H,19,20). The minimum Gasteiger partial charge on any atom is -0.463 e. The summed E-state index contributed by atoms with van der Waals surface area (Å²) in [6, 6.07) is 5.19. The average Bonchev–Trinajstić information content (AvgIpc) is 3.47. The molecular weight excluding hydrogens is 350 g/mol. The van der Waals surface area contributed by atoms with Gasteiger partial charge in [-0.05, 0) is 25.0 Å². The molecule has 0 aromatic carbocycles. The molecule has 0 spiro atoms. The summed E-state index contributed by atoms with van der Waals surface area (Å²) in [6.45, 7) is 2.75. The molecule has 0 radical (unpaired) electrons. The molecule has 1 N–H and O–H groups in total. The van der Waals surface area contributed by atoms with E-state index < -0.39 is 11.8 Å². The highest BCUT2D eigenvalue weighted by Gasteiger charge is 2.32. The summed E-state index contributed by atoms with van der Waals surface area (Å²) in [5.74, 6) is -0.494. The van der Waals surface area contributed by atoms with E-state index in [2.05, 4.69) is 10.2 Å². The Bertz CT molecular complexity index is 830. The number of piperazine rings is 1. The second kappa shape index (κ2) is 7.26. The number of nitrogens with one attached hydrogen (secondary N) is 1. The smallest absolute Gasteiger partial charge is 0.312 e. The van der Waals surface area contributed by atoms with Crippen LogP contribution >= 0.6 is 0 Å². The van der Waals surface area contributed by atoms with Crippen molar-refractivity contribution in [3.63, 3.8) is 0 Å². The third-order valence-electron chi connectivity index (χ3n) is 5.01. The molecule has 0 saturated carbocycles. The fraction of sp³-hybridized carbons (Fsp3) is 0.444. The average molecular weight is 371 g/mol. The number of aromatic amines is 1. The lowest BCUT2D eigenvalue weighted by Gasteiger charge is -2.34. The zero-order valence-corrected chi connectivity index (χ0v) is 14.9. The lowest BCUT2D eigenvalue weighted by molar-refractivity contribution is -0.152. The van der Waals surface area contributed by atoms with Crippen molar-refractivity contribution in [2.75, 3.05) is 39.3 Å². The maximum absolute atomic E-state index is 12.6. The molecule has 2 aliphatic rings. The van der Waals surface area contributed by atoms with Crippen LogP contribution in [0.25, 0.3) is 11.5 Å². The SMILES string of the molecule is O=C(C(=O)N1CCN(C(=O)c2cc(-c3ccco3)[nH]n2)CC1)N1CCCC1. The van der Waals surface area contributed by atoms with E-state index in [1.807, 2.05) is 0 Å². The number of hydrogen-bond acceptors (Lipinski definition) is 5. The Balaban J connectivity index is 1.34. The predicted octanol–water partition coefficient (Wildman–Crippen LogP) is 0.576.